The first-order valence-electron chi connectivity index (χ1n) is 4.78. The van der Waals surface area contributed by atoms with Crippen LogP contribution in [0.15, 0.2) is 6.07 Å². The molecule has 3 nitrogen and oxygen atoms in total. The van der Waals surface area contributed by atoms with Crippen molar-refractivity contribution < 1.29 is 0 Å². The Morgan fingerprint density at radius 1 is 1.46 bits per heavy atom. The number of aromatic nitrogens is 2. The fourth-order valence-corrected chi connectivity index (χ4v) is 1.44. The Balaban J connectivity index is 2.36. The Morgan fingerprint density at radius 2 is 2.15 bits per heavy atom. The molecule has 1 atom stereocenters. The molecule has 1 aliphatic rings. The summed E-state index contributed by atoms with van der Waals surface area (Å²) in [5.41, 5.74) is 7.93. The quantitative estimate of drug-likeness (QED) is 0.747. The zero-order valence-electron chi connectivity index (χ0n) is 8.12. The SMILES string of the molecule is Cc1nc(C(C)N)cc(C2CC2)n1. The molecule has 0 spiro atoms. The molecule has 2 N–H and O–H groups in total. The molecule has 0 saturated heterocycles. The van der Waals surface area contributed by atoms with E-state index < -0.39 is 0 Å². The third-order valence-electron chi connectivity index (χ3n) is 2.34. The highest BCUT2D eigenvalue weighted by Gasteiger charge is 2.25. The number of aryl methyl sites for hydroxylation is 1. The van der Waals surface area contributed by atoms with Crippen molar-refractivity contribution in [3.63, 3.8) is 0 Å². The van der Waals surface area contributed by atoms with E-state index in [1.165, 1.54) is 18.5 Å². The van der Waals surface area contributed by atoms with Crippen LogP contribution in [-0.2, 0) is 0 Å². The summed E-state index contributed by atoms with van der Waals surface area (Å²) in [4.78, 5) is 8.72. The lowest BCUT2D eigenvalue weighted by Gasteiger charge is -2.07. The zero-order chi connectivity index (χ0) is 9.42. The van der Waals surface area contributed by atoms with Gasteiger partial charge in [-0.25, -0.2) is 9.97 Å². The van der Waals surface area contributed by atoms with Crippen molar-refractivity contribution >= 4 is 0 Å². The van der Waals surface area contributed by atoms with Crippen LogP contribution in [0.5, 0.6) is 0 Å². The Kier molecular flexibility index (Phi) is 2.04. The standard InChI is InChI=1S/C10H15N3/c1-6(11)9-5-10(8-3-4-8)13-7(2)12-9/h5-6,8H,3-4,11H2,1-2H3. The van der Waals surface area contributed by atoms with E-state index in [0.717, 1.165) is 11.5 Å². The van der Waals surface area contributed by atoms with Gasteiger partial charge in [0.15, 0.2) is 0 Å². The first kappa shape index (κ1) is 8.63. The zero-order valence-corrected chi connectivity index (χ0v) is 8.12. The smallest absolute Gasteiger partial charge is 0.125 e. The van der Waals surface area contributed by atoms with E-state index in [-0.39, 0.29) is 6.04 Å². The Morgan fingerprint density at radius 3 is 2.69 bits per heavy atom. The summed E-state index contributed by atoms with van der Waals surface area (Å²) >= 11 is 0. The minimum absolute atomic E-state index is 0.0131. The number of hydrogen-bond donors (Lipinski definition) is 1. The number of nitrogens with two attached hydrogens (primary N) is 1. The van der Waals surface area contributed by atoms with Gasteiger partial charge >= 0.3 is 0 Å². The first-order valence-corrected chi connectivity index (χ1v) is 4.78. The summed E-state index contributed by atoms with van der Waals surface area (Å²) < 4.78 is 0. The van der Waals surface area contributed by atoms with E-state index >= 15 is 0 Å². The van der Waals surface area contributed by atoms with Crippen LogP contribution in [0.1, 0.15) is 48.9 Å². The Labute approximate surface area is 78.4 Å². The summed E-state index contributed by atoms with van der Waals surface area (Å²) in [7, 11) is 0. The van der Waals surface area contributed by atoms with Gasteiger partial charge < -0.3 is 5.73 Å². The van der Waals surface area contributed by atoms with Crippen molar-refractivity contribution in [1.82, 2.24) is 9.97 Å². The molecule has 0 amide bonds. The third-order valence-corrected chi connectivity index (χ3v) is 2.34. The molecule has 2 rings (SSSR count). The van der Waals surface area contributed by atoms with Gasteiger partial charge in [0.05, 0.1) is 5.69 Å². The molecule has 70 valence electrons. The van der Waals surface area contributed by atoms with Crippen molar-refractivity contribution in [2.24, 2.45) is 5.73 Å². The molecule has 1 fully saturated rings. The molecule has 1 aromatic heterocycles. The van der Waals surface area contributed by atoms with Crippen molar-refractivity contribution in [3.05, 3.63) is 23.3 Å². The minimum atomic E-state index is 0.0131. The summed E-state index contributed by atoms with van der Waals surface area (Å²) in [5.74, 6) is 1.52. The van der Waals surface area contributed by atoms with Crippen LogP contribution in [-0.4, -0.2) is 9.97 Å². The van der Waals surface area contributed by atoms with Gasteiger partial charge in [-0.2, -0.15) is 0 Å². The molecule has 1 saturated carbocycles. The third kappa shape index (κ3) is 1.86. The predicted molar refractivity (Wildman–Crippen MR) is 51.3 cm³/mol. The van der Waals surface area contributed by atoms with E-state index in [4.69, 9.17) is 5.73 Å². The topological polar surface area (TPSA) is 51.8 Å². The van der Waals surface area contributed by atoms with Gasteiger partial charge in [-0.1, -0.05) is 0 Å². The average molecular weight is 177 g/mol. The highest BCUT2D eigenvalue weighted by atomic mass is 14.9. The second kappa shape index (κ2) is 3.07. The van der Waals surface area contributed by atoms with Gasteiger partial charge in [0.25, 0.3) is 0 Å². The summed E-state index contributed by atoms with van der Waals surface area (Å²) in [6.07, 6.45) is 2.55. The van der Waals surface area contributed by atoms with Crippen molar-refractivity contribution in [3.8, 4) is 0 Å². The van der Waals surface area contributed by atoms with Gasteiger partial charge in [-0.05, 0) is 32.8 Å². The van der Waals surface area contributed by atoms with Crippen molar-refractivity contribution in [1.29, 1.82) is 0 Å². The summed E-state index contributed by atoms with van der Waals surface area (Å²) in [6.45, 7) is 3.89. The molecule has 0 radical (unpaired) electrons. The Hall–Kier alpha value is -0.960. The highest BCUT2D eigenvalue weighted by Crippen LogP contribution is 2.39. The first-order chi connectivity index (χ1) is 6.16. The fourth-order valence-electron chi connectivity index (χ4n) is 1.44. The Bertz CT molecular complexity index is 296. The predicted octanol–water partition coefficient (Wildman–Crippen LogP) is 1.68. The van der Waals surface area contributed by atoms with Gasteiger partial charge in [0.1, 0.15) is 5.82 Å². The molecule has 0 aromatic carbocycles. The maximum Gasteiger partial charge on any atom is 0.125 e. The second-order valence-electron chi connectivity index (χ2n) is 3.83. The van der Waals surface area contributed by atoms with Crippen LogP contribution in [0, 0.1) is 6.92 Å². The summed E-state index contributed by atoms with van der Waals surface area (Å²) in [5, 5.41) is 0. The van der Waals surface area contributed by atoms with Crippen LogP contribution >= 0.6 is 0 Å². The molecule has 13 heavy (non-hydrogen) atoms. The highest BCUT2D eigenvalue weighted by molar-refractivity contribution is 5.20. The lowest BCUT2D eigenvalue weighted by molar-refractivity contribution is 0.754. The van der Waals surface area contributed by atoms with E-state index in [0.29, 0.717) is 5.92 Å². The van der Waals surface area contributed by atoms with Gasteiger partial charge in [-0.3, -0.25) is 0 Å². The average Bonchev–Trinajstić information content (AvgIpc) is 2.85. The van der Waals surface area contributed by atoms with Crippen LogP contribution in [0.4, 0.5) is 0 Å². The van der Waals surface area contributed by atoms with E-state index in [1.807, 2.05) is 13.8 Å². The summed E-state index contributed by atoms with van der Waals surface area (Å²) in [6, 6.07) is 2.06. The molecule has 3 heteroatoms. The molecule has 0 bridgehead atoms. The largest absolute Gasteiger partial charge is 0.323 e. The lowest BCUT2D eigenvalue weighted by atomic mass is 10.2. The number of nitrogens with zero attached hydrogens (tertiary/aromatic N) is 2. The molecule has 1 aromatic rings. The monoisotopic (exact) mass is 177 g/mol. The molecular weight excluding hydrogens is 162 g/mol. The van der Waals surface area contributed by atoms with Crippen LogP contribution in [0.3, 0.4) is 0 Å². The van der Waals surface area contributed by atoms with Crippen LogP contribution < -0.4 is 5.73 Å². The number of hydrogen-bond acceptors (Lipinski definition) is 3. The maximum atomic E-state index is 5.78. The molecule has 1 heterocycles. The lowest BCUT2D eigenvalue weighted by Crippen LogP contribution is -2.10. The molecule has 1 aliphatic carbocycles. The van der Waals surface area contributed by atoms with E-state index in [2.05, 4.69) is 16.0 Å². The van der Waals surface area contributed by atoms with Gasteiger partial charge in [0.2, 0.25) is 0 Å². The minimum Gasteiger partial charge on any atom is -0.323 e. The van der Waals surface area contributed by atoms with E-state index in [9.17, 15) is 0 Å². The second-order valence-corrected chi connectivity index (χ2v) is 3.83. The van der Waals surface area contributed by atoms with Crippen molar-refractivity contribution in [2.45, 2.75) is 38.6 Å². The van der Waals surface area contributed by atoms with Gasteiger partial charge in [0, 0.05) is 17.7 Å². The van der Waals surface area contributed by atoms with Crippen LogP contribution in [0.25, 0.3) is 0 Å². The van der Waals surface area contributed by atoms with E-state index in [1.54, 1.807) is 0 Å². The molecule has 0 aliphatic heterocycles. The van der Waals surface area contributed by atoms with Gasteiger partial charge in [-0.15, -0.1) is 0 Å². The maximum absolute atomic E-state index is 5.78. The molecule has 1 unspecified atom stereocenters. The van der Waals surface area contributed by atoms with Crippen LogP contribution in [0.2, 0.25) is 0 Å². The number of rotatable bonds is 2. The fraction of sp³-hybridized carbons (Fsp3) is 0.600. The molecular formula is C10H15N3. The van der Waals surface area contributed by atoms with Crippen molar-refractivity contribution in [2.75, 3.05) is 0 Å². The normalized spacial score (nSPS) is 18.7.